The van der Waals surface area contributed by atoms with Gasteiger partial charge in [-0.15, -0.1) is 0 Å². The molecule has 2 nitrogen and oxygen atoms in total. The predicted molar refractivity (Wildman–Crippen MR) is 69.8 cm³/mol. The van der Waals surface area contributed by atoms with Crippen molar-refractivity contribution in [1.29, 1.82) is 0 Å². The molecule has 2 heteroatoms. The first-order chi connectivity index (χ1) is 8.36. The minimum absolute atomic E-state index is 0.362. The maximum atomic E-state index is 8.96. The van der Waals surface area contributed by atoms with Gasteiger partial charge < -0.3 is 10.0 Å². The van der Waals surface area contributed by atoms with Crippen LogP contribution in [0.1, 0.15) is 38.5 Å². The number of nitrogens with zero attached hydrogens (tertiary/aromatic N) is 1. The highest BCUT2D eigenvalue weighted by Crippen LogP contribution is 2.44. The van der Waals surface area contributed by atoms with Gasteiger partial charge in [0.05, 0.1) is 0 Å². The summed E-state index contributed by atoms with van der Waals surface area (Å²) in [5, 5.41) is 8.96. The van der Waals surface area contributed by atoms with E-state index in [9.17, 15) is 0 Å². The third-order valence-corrected chi connectivity index (χ3v) is 5.08. The van der Waals surface area contributed by atoms with E-state index < -0.39 is 0 Å². The van der Waals surface area contributed by atoms with Crippen molar-refractivity contribution < 1.29 is 5.11 Å². The summed E-state index contributed by atoms with van der Waals surface area (Å²) in [7, 11) is 0. The standard InChI is InChI=1S/C15H25NO/c17-8-2-4-15-3-1-7-16(15)11-14-10-12-5-6-13(14)9-12/h5-6,12-15,17H,1-4,7-11H2. The van der Waals surface area contributed by atoms with Crippen LogP contribution < -0.4 is 0 Å². The molecule has 96 valence electrons. The molecule has 2 bridgehead atoms. The Morgan fingerprint density at radius 1 is 1.24 bits per heavy atom. The van der Waals surface area contributed by atoms with Crippen LogP contribution >= 0.6 is 0 Å². The van der Waals surface area contributed by atoms with Crippen LogP contribution in [0, 0.1) is 17.8 Å². The molecule has 1 aliphatic heterocycles. The highest BCUT2D eigenvalue weighted by atomic mass is 16.2. The molecule has 0 aromatic carbocycles. The van der Waals surface area contributed by atoms with E-state index in [0.717, 1.165) is 30.2 Å². The third kappa shape index (κ3) is 2.43. The molecule has 0 amide bonds. The number of aliphatic hydroxyl groups excluding tert-OH is 1. The molecule has 2 aliphatic carbocycles. The third-order valence-electron chi connectivity index (χ3n) is 5.08. The molecule has 4 atom stereocenters. The minimum atomic E-state index is 0.362. The molecule has 17 heavy (non-hydrogen) atoms. The van der Waals surface area contributed by atoms with E-state index >= 15 is 0 Å². The van der Waals surface area contributed by atoms with Crippen LogP contribution in [0.15, 0.2) is 12.2 Å². The molecule has 1 saturated heterocycles. The predicted octanol–water partition coefficient (Wildman–Crippen LogP) is 2.44. The van der Waals surface area contributed by atoms with Crippen molar-refractivity contribution in [1.82, 2.24) is 4.90 Å². The lowest BCUT2D eigenvalue weighted by Gasteiger charge is -2.29. The molecule has 0 spiro atoms. The molecule has 4 unspecified atom stereocenters. The Labute approximate surface area is 105 Å². The van der Waals surface area contributed by atoms with Crippen LogP contribution in [0.5, 0.6) is 0 Å². The maximum Gasteiger partial charge on any atom is 0.0431 e. The number of hydrogen-bond donors (Lipinski definition) is 1. The Kier molecular flexibility index (Phi) is 3.53. The van der Waals surface area contributed by atoms with E-state index in [-0.39, 0.29) is 0 Å². The largest absolute Gasteiger partial charge is 0.396 e. The van der Waals surface area contributed by atoms with E-state index in [1.165, 1.54) is 45.2 Å². The Bertz CT molecular complexity index is 289. The van der Waals surface area contributed by atoms with E-state index in [1.54, 1.807) is 0 Å². The average Bonchev–Trinajstić information content (AvgIpc) is 3.02. The highest BCUT2D eigenvalue weighted by Gasteiger charge is 2.37. The van der Waals surface area contributed by atoms with E-state index in [2.05, 4.69) is 17.1 Å². The van der Waals surface area contributed by atoms with Crippen LogP contribution in [0.25, 0.3) is 0 Å². The number of rotatable bonds is 5. The Morgan fingerprint density at radius 2 is 2.18 bits per heavy atom. The second-order valence-electron chi connectivity index (χ2n) is 6.20. The summed E-state index contributed by atoms with van der Waals surface area (Å²) in [5.74, 6) is 2.72. The molecule has 2 fully saturated rings. The summed E-state index contributed by atoms with van der Waals surface area (Å²) < 4.78 is 0. The summed E-state index contributed by atoms with van der Waals surface area (Å²) in [5.41, 5.74) is 0. The van der Waals surface area contributed by atoms with Gasteiger partial charge in [-0.3, -0.25) is 0 Å². The number of likely N-dealkylation sites (tertiary alicyclic amines) is 1. The number of aliphatic hydroxyl groups is 1. The molecule has 3 aliphatic rings. The van der Waals surface area contributed by atoms with Gasteiger partial charge in [0.1, 0.15) is 0 Å². The SMILES string of the molecule is OCCCC1CCCN1CC1CC2C=CC1C2. The smallest absolute Gasteiger partial charge is 0.0431 e. The second-order valence-corrected chi connectivity index (χ2v) is 6.20. The van der Waals surface area contributed by atoms with E-state index in [0.29, 0.717) is 6.61 Å². The number of allylic oxidation sites excluding steroid dienone is 2. The van der Waals surface area contributed by atoms with Crippen molar-refractivity contribution in [3.8, 4) is 0 Å². The molecule has 0 radical (unpaired) electrons. The zero-order valence-electron chi connectivity index (χ0n) is 10.7. The molecular weight excluding hydrogens is 210 g/mol. The number of hydrogen-bond acceptors (Lipinski definition) is 2. The van der Waals surface area contributed by atoms with Gasteiger partial charge in [0.15, 0.2) is 0 Å². The summed E-state index contributed by atoms with van der Waals surface area (Å²) in [6.45, 7) is 2.98. The van der Waals surface area contributed by atoms with Crippen LogP contribution in [0.4, 0.5) is 0 Å². The minimum Gasteiger partial charge on any atom is -0.396 e. The van der Waals surface area contributed by atoms with Crippen LogP contribution in [-0.4, -0.2) is 35.7 Å². The molecule has 1 saturated carbocycles. The second kappa shape index (κ2) is 5.11. The van der Waals surface area contributed by atoms with Gasteiger partial charge in [0.2, 0.25) is 0 Å². The first-order valence-electron chi connectivity index (χ1n) is 7.40. The fourth-order valence-corrected chi connectivity index (χ4v) is 4.20. The normalized spacial score (nSPS) is 40.5. The van der Waals surface area contributed by atoms with Crippen molar-refractivity contribution in [3.05, 3.63) is 12.2 Å². The van der Waals surface area contributed by atoms with Crippen molar-refractivity contribution in [2.75, 3.05) is 19.7 Å². The quantitative estimate of drug-likeness (QED) is 0.740. The average molecular weight is 235 g/mol. The monoisotopic (exact) mass is 235 g/mol. The highest BCUT2D eigenvalue weighted by molar-refractivity contribution is 5.10. The fourth-order valence-electron chi connectivity index (χ4n) is 4.20. The Balaban J connectivity index is 1.52. The first-order valence-corrected chi connectivity index (χ1v) is 7.40. The van der Waals surface area contributed by atoms with Gasteiger partial charge in [-0.05, 0) is 62.8 Å². The van der Waals surface area contributed by atoms with Crippen molar-refractivity contribution in [3.63, 3.8) is 0 Å². The summed E-state index contributed by atoms with van der Waals surface area (Å²) in [4.78, 5) is 2.72. The van der Waals surface area contributed by atoms with Crippen molar-refractivity contribution in [2.45, 2.75) is 44.6 Å². The molecule has 0 aromatic rings. The van der Waals surface area contributed by atoms with Gasteiger partial charge in [-0.2, -0.15) is 0 Å². The summed E-state index contributed by atoms with van der Waals surface area (Å²) in [6.07, 6.45) is 12.7. The van der Waals surface area contributed by atoms with E-state index in [4.69, 9.17) is 5.11 Å². The zero-order valence-corrected chi connectivity index (χ0v) is 10.7. The van der Waals surface area contributed by atoms with Gasteiger partial charge in [0.25, 0.3) is 0 Å². The van der Waals surface area contributed by atoms with Crippen LogP contribution in [0.3, 0.4) is 0 Å². The van der Waals surface area contributed by atoms with Crippen molar-refractivity contribution >= 4 is 0 Å². The lowest BCUT2D eigenvalue weighted by atomic mass is 9.92. The lowest BCUT2D eigenvalue weighted by Crippen LogP contribution is -2.35. The van der Waals surface area contributed by atoms with Gasteiger partial charge in [0, 0.05) is 19.2 Å². The fraction of sp³-hybridized carbons (Fsp3) is 0.867. The Morgan fingerprint density at radius 3 is 2.88 bits per heavy atom. The topological polar surface area (TPSA) is 23.5 Å². The zero-order chi connectivity index (χ0) is 11.7. The van der Waals surface area contributed by atoms with E-state index in [1.807, 2.05) is 0 Å². The summed E-state index contributed by atoms with van der Waals surface area (Å²) >= 11 is 0. The van der Waals surface area contributed by atoms with Gasteiger partial charge in [-0.25, -0.2) is 0 Å². The Hall–Kier alpha value is -0.340. The van der Waals surface area contributed by atoms with Gasteiger partial charge >= 0.3 is 0 Å². The number of fused-ring (bicyclic) bond motifs is 2. The lowest BCUT2D eigenvalue weighted by molar-refractivity contribution is 0.180. The maximum absolute atomic E-state index is 8.96. The van der Waals surface area contributed by atoms with Crippen LogP contribution in [0.2, 0.25) is 0 Å². The van der Waals surface area contributed by atoms with Crippen LogP contribution in [-0.2, 0) is 0 Å². The molecule has 0 aromatic heterocycles. The van der Waals surface area contributed by atoms with Crippen molar-refractivity contribution in [2.24, 2.45) is 17.8 Å². The summed E-state index contributed by atoms with van der Waals surface area (Å²) in [6, 6.07) is 0.769. The van der Waals surface area contributed by atoms with Gasteiger partial charge in [-0.1, -0.05) is 12.2 Å². The molecule has 1 heterocycles. The molecule has 3 rings (SSSR count). The first kappa shape index (κ1) is 11.7. The molecular formula is C15H25NO. The molecule has 1 N–H and O–H groups in total.